The minimum absolute atomic E-state index is 0.402. The van der Waals surface area contributed by atoms with Crippen molar-refractivity contribution in [3.63, 3.8) is 0 Å². The number of rotatable bonds is 7. The lowest BCUT2D eigenvalue weighted by molar-refractivity contribution is 0.425. The highest BCUT2D eigenvalue weighted by atomic mass is 32.2. The lowest BCUT2D eigenvalue weighted by atomic mass is 10.2. The van der Waals surface area contributed by atoms with Crippen molar-refractivity contribution in [3.8, 4) is 0 Å². The van der Waals surface area contributed by atoms with Crippen LogP contribution in [0.15, 0.2) is 46.0 Å². The molecule has 21 heavy (non-hydrogen) atoms. The predicted molar refractivity (Wildman–Crippen MR) is 86.8 cm³/mol. The van der Waals surface area contributed by atoms with E-state index >= 15 is 0 Å². The Morgan fingerprint density at radius 3 is 2.52 bits per heavy atom. The molecule has 0 radical (unpaired) electrons. The molecule has 1 aromatic carbocycles. The van der Waals surface area contributed by atoms with Crippen molar-refractivity contribution in [3.05, 3.63) is 52.9 Å². The highest BCUT2D eigenvalue weighted by Crippen LogP contribution is 2.25. The van der Waals surface area contributed by atoms with Crippen molar-refractivity contribution >= 4 is 21.4 Å². The molecule has 0 aliphatic heterocycles. The van der Waals surface area contributed by atoms with Gasteiger partial charge in [-0.3, -0.25) is 0 Å². The number of nitrogens with zero attached hydrogens (tertiary/aromatic N) is 1. The number of hydrogen-bond acceptors (Lipinski definition) is 4. The smallest absolute Gasteiger partial charge is 0.252 e. The summed E-state index contributed by atoms with van der Waals surface area (Å²) in [6, 6.07) is 11.4. The van der Waals surface area contributed by atoms with Gasteiger partial charge in [-0.2, -0.15) is 4.31 Å². The van der Waals surface area contributed by atoms with Crippen LogP contribution < -0.4 is 5.32 Å². The van der Waals surface area contributed by atoms with Crippen LogP contribution in [0.3, 0.4) is 0 Å². The first-order valence-electron chi connectivity index (χ1n) is 6.84. The molecule has 0 fully saturated rings. The lowest BCUT2D eigenvalue weighted by Gasteiger charge is -2.19. The van der Waals surface area contributed by atoms with Crippen LogP contribution >= 0.6 is 11.3 Å². The molecule has 0 saturated heterocycles. The topological polar surface area (TPSA) is 49.4 Å². The van der Waals surface area contributed by atoms with Crippen molar-refractivity contribution in [2.24, 2.45) is 0 Å². The van der Waals surface area contributed by atoms with Crippen LogP contribution in [0.1, 0.15) is 18.1 Å². The Bertz CT molecular complexity index is 666. The van der Waals surface area contributed by atoms with Crippen LogP contribution in [0.25, 0.3) is 0 Å². The summed E-state index contributed by atoms with van der Waals surface area (Å²) in [7, 11) is -1.58. The lowest BCUT2D eigenvalue weighted by Crippen LogP contribution is -2.29. The molecule has 0 spiro atoms. The average Bonchev–Trinajstić information content (AvgIpc) is 2.95. The van der Waals surface area contributed by atoms with Gasteiger partial charge in [0, 0.05) is 19.6 Å². The maximum absolute atomic E-state index is 12.7. The van der Waals surface area contributed by atoms with Gasteiger partial charge in [-0.1, -0.05) is 37.3 Å². The van der Waals surface area contributed by atoms with Gasteiger partial charge in [0.15, 0.2) is 0 Å². The molecule has 0 unspecified atom stereocenters. The van der Waals surface area contributed by atoms with E-state index in [2.05, 4.69) is 5.32 Å². The zero-order chi connectivity index (χ0) is 15.3. The molecule has 0 aliphatic carbocycles. The molecule has 2 aromatic rings. The number of thiophene rings is 1. The molecule has 0 amide bonds. The summed E-state index contributed by atoms with van der Waals surface area (Å²) in [6.45, 7) is 3.40. The van der Waals surface area contributed by atoms with E-state index in [1.807, 2.05) is 49.7 Å². The van der Waals surface area contributed by atoms with Gasteiger partial charge in [0.2, 0.25) is 0 Å². The second kappa shape index (κ2) is 7.17. The van der Waals surface area contributed by atoms with Gasteiger partial charge in [0.05, 0.1) is 0 Å². The maximum Gasteiger partial charge on any atom is 0.252 e. The molecule has 0 saturated carbocycles. The third-order valence-electron chi connectivity index (χ3n) is 3.16. The zero-order valence-electron chi connectivity index (χ0n) is 12.2. The Balaban J connectivity index is 2.22. The standard InChI is InChI=1S/C15H20N2O2S2/c1-3-17(11-13-7-5-4-6-8-13)21(18,19)15-9-14(10-16-2)12-20-15/h4-9,12,16H,3,10-11H2,1-2H3. The summed E-state index contributed by atoms with van der Waals surface area (Å²) in [4.78, 5) is 0. The average molecular weight is 324 g/mol. The van der Waals surface area contributed by atoms with E-state index in [0.29, 0.717) is 23.8 Å². The first-order chi connectivity index (χ1) is 10.1. The third kappa shape index (κ3) is 3.91. The number of nitrogens with one attached hydrogen (secondary N) is 1. The van der Waals surface area contributed by atoms with Crippen LogP contribution in [-0.2, 0) is 23.1 Å². The molecule has 114 valence electrons. The van der Waals surface area contributed by atoms with Crippen molar-refractivity contribution in [2.45, 2.75) is 24.2 Å². The van der Waals surface area contributed by atoms with Gasteiger partial charge >= 0.3 is 0 Å². The van der Waals surface area contributed by atoms with Crippen LogP contribution in [0.5, 0.6) is 0 Å². The summed E-state index contributed by atoms with van der Waals surface area (Å²) in [5.74, 6) is 0. The zero-order valence-corrected chi connectivity index (χ0v) is 13.9. The minimum Gasteiger partial charge on any atom is -0.316 e. The van der Waals surface area contributed by atoms with E-state index in [4.69, 9.17) is 0 Å². The first kappa shape index (κ1) is 16.2. The number of sulfonamides is 1. The summed E-state index contributed by atoms with van der Waals surface area (Å²) >= 11 is 1.28. The largest absolute Gasteiger partial charge is 0.316 e. The molecule has 1 aromatic heterocycles. The molecule has 6 heteroatoms. The molecule has 4 nitrogen and oxygen atoms in total. The fourth-order valence-electron chi connectivity index (χ4n) is 2.07. The maximum atomic E-state index is 12.7. The van der Waals surface area contributed by atoms with Gasteiger partial charge in [-0.05, 0) is 29.6 Å². The predicted octanol–water partition coefficient (Wildman–Crippen LogP) is 2.68. The molecule has 0 aliphatic rings. The van der Waals surface area contributed by atoms with E-state index < -0.39 is 10.0 Å². The first-order valence-corrected chi connectivity index (χ1v) is 9.16. The highest BCUT2D eigenvalue weighted by Gasteiger charge is 2.24. The van der Waals surface area contributed by atoms with Gasteiger partial charge in [-0.15, -0.1) is 11.3 Å². The number of hydrogen-bond donors (Lipinski definition) is 1. The summed E-state index contributed by atoms with van der Waals surface area (Å²) in [5.41, 5.74) is 1.99. The molecular formula is C15H20N2O2S2. The fraction of sp³-hybridized carbons (Fsp3) is 0.333. The number of benzene rings is 1. The van der Waals surface area contributed by atoms with E-state index in [1.165, 1.54) is 15.6 Å². The normalized spacial score (nSPS) is 12.0. The Morgan fingerprint density at radius 1 is 1.19 bits per heavy atom. The van der Waals surface area contributed by atoms with Crippen LogP contribution in [0.4, 0.5) is 0 Å². The third-order valence-corrected chi connectivity index (χ3v) is 6.54. The fourth-order valence-corrected chi connectivity index (χ4v) is 4.87. The van der Waals surface area contributed by atoms with E-state index in [-0.39, 0.29) is 0 Å². The van der Waals surface area contributed by atoms with Crippen LogP contribution in [0, 0.1) is 0 Å². The minimum atomic E-state index is -3.42. The van der Waals surface area contributed by atoms with Gasteiger partial charge < -0.3 is 5.32 Å². The van der Waals surface area contributed by atoms with E-state index in [1.54, 1.807) is 6.07 Å². The Hall–Kier alpha value is -1.21. The molecule has 0 atom stereocenters. The van der Waals surface area contributed by atoms with Crippen molar-refractivity contribution < 1.29 is 8.42 Å². The van der Waals surface area contributed by atoms with Crippen LogP contribution in [-0.4, -0.2) is 26.3 Å². The molecule has 1 N–H and O–H groups in total. The van der Waals surface area contributed by atoms with Gasteiger partial charge in [0.25, 0.3) is 10.0 Å². The van der Waals surface area contributed by atoms with Gasteiger partial charge in [-0.25, -0.2) is 8.42 Å². The van der Waals surface area contributed by atoms with Crippen LogP contribution in [0.2, 0.25) is 0 Å². The Kier molecular flexibility index (Phi) is 5.52. The Morgan fingerprint density at radius 2 is 1.90 bits per heavy atom. The molecule has 1 heterocycles. The van der Waals surface area contributed by atoms with Crippen molar-refractivity contribution in [2.75, 3.05) is 13.6 Å². The summed E-state index contributed by atoms with van der Waals surface area (Å²) in [5, 5.41) is 4.92. The second-order valence-electron chi connectivity index (χ2n) is 4.72. The SMILES string of the molecule is CCN(Cc1ccccc1)S(=O)(=O)c1cc(CNC)cs1. The second-order valence-corrected chi connectivity index (χ2v) is 7.80. The molecule has 2 rings (SSSR count). The summed E-state index contributed by atoms with van der Waals surface area (Å²) in [6.07, 6.45) is 0. The van der Waals surface area contributed by atoms with Crippen molar-refractivity contribution in [1.29, 1.82) is 0 Å². The monoisotopic (exact) mass is 324 g/mol. The van der Waals surface area contributed by atoms with Gasteiger partial charge in [0.1, 0.15) is 4.21 Å². The van der Waals surface area contributed by atoms with E-state index in [0.717, 1.165) is 11.1 Å². The molecule has 0 bridgehead atoms. The Labute approximate surface area is 130 Å². The highest BCUT2D eigenvalue weighted by molar-refractivity contribution is 7.91. The summed E-state index contributed by atoms with van der Waals surface area (Å²) < 4.78 is 27.3. The van der Waals surface area contributed by atoms with Crippen molar-refractivity contribution in [1.82, 2.24) is 9.62 Å². The molecular weight excluding hydrogens is 304 g/mol. The van der Waals surface area contributed by atoms with E-state index in [9.17, 15) is 8.42 Å². The quantitative estimate of drug-likeness (QED) is 0.852.